The Balaban J connectivity index is 1.78. The van der Waals surface area contributed by atoms with Gasteiger partial charge in [0.05, 0.1) is 16.8 Å². The summed E-state index contributed by atoms with van der Waals surface area (Å²) in [6.07, 6.45) is 0. The Labute approximate surface area is 160 Å². The first-order chi connectivity index (χ1) is 13.6. The Bertz CT molecular complexity index is 1210. The summed E-state index contributed by atoms with van der Waals surface area (Å²) in [5, 5.41) is 12.1. The predicted octanol–water partition coefficient (Wildman–Crippen LogP) is 2.92. The average molecular weight is 374 g/mol. The zero-order chi connectivity index (χ0) is 19.7. The van der Waals surface area contributed by atoms with Gasteiger partial charge in [-0.1, -0.05) is 41.6 Å². The Morgan fingerprint density at radius 3 is 2.39 bits per heavy atom. The van der Waals surface area contributed by atoms with Crippen molar-refractivity contribution in [3.63, 3.8) is 0 Å². The van der Waals surface area contributed by atoms with Gasteiger partial charge in [-0.05, 0) is 32.0 Å². The zero-order valence-electron chi connectivity index (χ0n) is 15.5. The SMILES string of the molecule is Cc1noc(C)c1CNC(=O)c1nn(-c2ccccc2)c(=O)c2ccccc12. The summed E-state index contributed by atoms with van der Waals surface area (Å²) in [6, 6.07) is 16.0. The lowest BCUT2D eigenvalue weighted by Crippen LogP contribution is -2.30. The van der Waals surface area contributed by atoms with E-state index in [-0.39, 0.29) is 23.7 Å². The van der Waals surface area contributed by atoms with Gasteiger partial charge in [0, 0.05) is 17.5 Å². The third-order valence-electron chi connectivity index (χ3n) is 4.63. The smallest absolute Gasteiger partial charge is 0.279 e. The van der Waals surface area contributed by atoms with Crippen LogP contribution in [0.15, 0.2) is 63.9 Å². The number of nitrogens with zero attached hydrogens (tertiary/aromatic N) is 3. The monoisotopic (exact) mass is 374 g/mol. The third kappa shape index (κ3) is 3.07. The first-order valence-corrected chi connectivity index (χ1v) is 8.83. The third-order valence-corrected chi connectivity index (χ3v) is 4.63. The Hall–Kier alpha value is -3.74. The number of para-hydroxylation sites is 1. The molecule has 0 unspecified atom stereocenters. The van der Waals surface area contributed by atoms with E-state index in [0.29, 0.717) is 22.2 Å². The van der Waals surface area contributed by atoms with E-state index >= 15 is 0 Å². The first-order valence-electron chi connectivity index (χ1n) is 8.83. The molecule has 0 atom stereocenters. The first kappa shape index (κ1) is 17.7. The van der Waals surface area contributed by atoms with E-state index < -0.39 is 0 Å². The number of aromatic nitrogens is 3. The summed E-state index contributed by atoms with van der Waals surface area (Å²) in [6.45, 7) is 3.88. The fourth-order valence-corrected chi connectivity index (χ4v) is 3.11. The molecule has 0 aliphatic heterocycles. The van der Waals surface area contributed by atoms with Crippen molar-refractivity contribution >= 4 is 16.7 Å². The van der Waals surface area contributed by atoms with E-state index in [2.05, 4.69) is 15.6 Å². The summed E-state index contributed by atoms with van der Waals surface area (Å²) < 4.78 is 6.39. The number of rotatable bonds is 4. The van der Waals surface area contributed by atoms with Crippen molar-refractivity contribution in [2.45, 2.75) is 20.4 Å². The molecule has 7 nitrogen and oxygen atoms in total. The van der Waals surface area contributed by atoms with Crippen LogP contribution in [0.4, 0.5) is 0 Å². The van der Waals surface area contributed by atoms with Crippen LogP contribution in [0.25, 0.3) is 16.5 Å². The van der Waals surface area contributed by atoms with Crippen LogP contribution in [0.1, 0.15) is 27.5 Å². The van der Waals surface area contributed by atoms with Gasteiger partial charge >= 0.3 is 0 Å². The number of carbonyl (C=O) groups excluding carboxylic acids is 1. The van der Waals surface area contributed by atoms with E-state index in [1.807, 2.05) is 25.1 Å². The van der Waals surface area contributed by atoms with Crippen LogP contribution in [0.3, 0.4) is 0 Å². The van der Waals surface area contributed by atoms with E-state index in [4.69, 9.17) is 4.52 Å². The number of amides is 1. The molecule has 28 heavy (non-hydrogen) atoms. The maximum absolute atomic E-state index is 12.9. The number of hydrogen-bond acceptors (Lipinski definition) is 5. The summed E-state index contributed by atoms with van der Waals surface area (Å²) in [5.41, 5.74) is 2.06. The molecule has 4 rings (SSSR count). The second-order valence-electron chi connectivity index (χ2n) is 6.43. The van der Waals surface area contributed by atoms with Crippen molar-refractivity contribution < 1.29 is 9.32 Å². The standard InChI is InChI=1S/C21H18N4O3/c1-13-18(14(2)28-24-13)12-22-20(26)19-16-10-6-7-11-17(16)21(27)25(23-19)15-8-4-3-5-9-15/h3-11H,12H2,1-2H3,(H,22,26). The quantitative estimate of drug-likeness (QED) is 0.593. The number of fused-ring (bicyclic) bond motifs is 1. The molecule has 2 aromatic heterocycles. The lowest BCUT2D eigenvalue weighted by molar-refractivity contribution is 0.0946. The van der Waals surface area contributed by atoms with Crippen LogP contribution in [-0.2, 0) is 6.54 Å². The maximum Gasteiger partial charge on any atom is 0.279 e. The van der Waals surface area contributed by atoms with Crippen LogP contribution in [0.2, 0.25) is 0 Å². The molecule has 7 heteroatoms. The molecule has 140 valence electrons. The van der Waals surface area contributed by atoms with Crippen molar-refractivity contribution in [1.29, 1.82) is 0 Å². The van der Waals surface area contributed by atoms with E-state index in [1.165, 1.54) is 4.68 Å². The lowest BCUT2D eigenvalue weighted by atomic mass is 10.1. The minimum atomic E-state index is -0.374. The number of hydrogen-bond donors (Lipinski definition) is 1. The van der Waals surface area contributed by atoms with Gasteiger partial charge < -0.3 is 9.84 Å². The highest BCUT2D eigenvalue weighted by atomic mass is 16.5. The second-order valence-corrected chi connectivity index (χ2v) is 6.43. The lowest BCUT2D eigenvalue weighted by Gasteiger charge is -2.11. The van der Waals surface area contributed by atoms with Crippen LogP contribution >= 0.6 is 0 Å². The van der Waals surface area contributed by atoms with Gasteiger partial charge in [0.15, 0.2) is 5.69 Å². The van der Waals surface area contributed by atoms with Crippen molar-refractivity contribution in [3.8, 4) is 5.69 Å². The van der Waals surface area contributed by atoms with Gasteiger partial charge in [0.2, 0.25) is 0 Å². The topological polar surface area (TPSA) is 90.0 Å². The summed E-state index contributed by atoms with van der Waals surface area (Å²) >= 11 is 0. The van der Waals surface area contributed by atoms with E-state index in [1.54, 1.807) is 43.3 Å². The number of benzene rings is 2. The molecular weight excluding hydrogens is 356 g/mol. The van der Waals surface area contributed by atoms with Crippen LogP contribution in [0.5, 0.6) is 0 Å². The van der Waals surface area contributed by atoms with Crippen LogP contribution < -0.4 is 10.9 Å². The number of nitrogens with one attached hydrogen (secondary N) is 1. The highest BCUT2D eigenvalue weighted by Gasteiger charge is 2.18. The van der Waals surface area contributed by atoms with Gasteiger partial charge in [-0.3, -0.25) is 9.59 Å². The van der Waals surface area contributed by atoms with Gasteiger partial charge in [0.1, 0.15) is 5.76 Å². The summed E-state index contributed by atoms with van der Waals surface area (Å²) in [7, 11) is 0. The minimum Gasteiger partial charge on any atom is -0.361 e. The molecule has 2 aromatic carbocycles. The molecule has 4 aromatic rings. The average Bonchev–Trinajstić information content (AvgIpc) is 3.05. The van der Waals surface area contributed by atoms with Crippen molar-refractivity contribution in [3.05, 3.63) is 87.7 Å². The largest absolute Gasteiger partial charge is 0.361 e. The summed E-state index contributed by atoms with van der Waals surface area (Å²) in [5.74, 6) is 0.283. The predicted molar refractivity (Wildman–Crippen MR) is 104 cm³/mol. The maximum atomic E-state index is 12.9. The highest BCUT2D eigenvalue weighted by Crippen LogP contribution is 2.16. The Morgan fingerprint density at radius 2 is 1.71 bits per heavy atom. The molecule has 0 fully saturated rings. The number of aryl methyl sites for hydroxylation is 2. The molecule has 0 spiro atoms. The molecule has 1 amide bonds. The fraction of sp³-hybridized carbons (Fsp3) is 0.143. The van der Waals surface area contributed by atoms with Crippen molar-refractivity contribution in [2.24, 2.45) is 0 Å². The highest BCUT2D eigenvalue weighted by molar-refractivity contribution is 6.04. The summed E-state index contributed by atoms with van der Waals surface area (Å²) in [4.78, 5) is 25.8. The normalized spacial score (nSPS) is 10.9. The second kappa shape index (κ2) is 7.11. The van der Waals surface area contributed by atoms with Gasteiger partial charge in [-0.15, -0.1) is 0 Å². The molecule has 0 saturated heterocycles. The molecule has 2 heterocycles. The Kier molecular flexibility index (Phi) is 4.49. The molecule has 0 aliphatic carbocycles. The molecule has 1 N–H and O–H groups in total. The van der Waals surface area contributed by atoms with Crippen LogP contribution in [-0.4, -0.2) is 20.8 Å². The van der Waals surface area contributed by atoms with Crippen LogP contribution in [0, 0.1) is 13.8 Å². The molecular formula is C21H18N4O3. The fourth-order valence-electron chi connectivity index (χ4n) is 3.11. The molecule has 0 radical (unpaired) electrons. The zero-order valence-corrected chi connectivity index (χ0v) is 15.5. The minimum absolute atomic E-state index is 0.186. The van der Waals surface area contributed by atoms with Crippen molar-refractivity contribution in [2.75, 3.05) is 0 Å². The van der Waals surface area contributed by atoms with Crippen molar-refractivity contribution in [1.82, 2.24) is 20.3 Å². The Morgan fingerprint density at radius 1 is 1.04 bits per heavy atom. The molecule has 0 bridgehead atoms. The van der Waals surface area contributed by atoms with Gasteiger partial charge in [0.25, 0.3) is 11.5 Å². The van der Waals surface area contributed by atoms with E-state index in [0.717, 1.165) is 11.3 Å². The van der Waals surface area contributed by atoms with E-state index in [9.17, 15) is 9.59 Å². The molecule has 0 aliphatic rings. The molecule has 0 saturated carbocycles. The van der Waals surface area contributed by atoms with Gasteiger partial charge in [-0.25, -0.2) is 0 Å². The number of carbonyl (C=O) groups is 1. The van der Waals surface area contributed by atoms with Gasteiger partial charge in [-0.2, -0.15) is 9.78 Å².